The van der Waals surface area contributed by atoms with Crippen LogP contribution in [0.25, 0.3) is 0 Å². The van der Waals surface area contributed by atoms with Gasteiger partial charge >= 0.3 is 6.03 Å². The van der Waals surface area contributed by atoms with E-state index in [-0.39, 0.29) is 12.1 Å². The smallest absolute Gasteiger partial charge is 0.319 e. The second-order valence-corrected chi connectivity index (χ2v) is 4.39. The quantitative estimate of drug-likeness (QED) is 0.780. The van der Waals surface area contributed by atoms with Gasteiger partial charge in [-0.05, 0) is 18.6 Å². The Hall–Kier alpha value is -1.22. The van der Waals surface area contributed by atoms with Crippen LogP contribution in [0, 0.1) is 0 Å². The van der Waals surface area contributed by atoms with E-state index >= 15 is 0 Å². The summed E-state index contributed by atoms with van der Waals surface area (Å²) >= 11 is 6.10. The summed E-state index contributed by atoms with van der Waals surface area (Å²) in [5.74, 6) is 0. The maximum Gasteiger partial charge on any atom is 0.319 e. The van der Waals surface area contributed by atoms with Gasteiger partial charge in [0.1, 0.15) is 0 Å². The van der Waals surface area contributed by atoms with Crippen molar-refractivity contribution in [2.45, 2.75) is 13.0 Å². The Bertz CT molecular complexity index is 379. The molecule has 0 spiro atoms. The first-order valence-electron chi connectivity index (χ1n) is 5.13. The van der Waals surface area contributed by atoms with Gasteiger partial charge in [0.2, 0.25) is 0 Å². The molecule has 88 valence electrons. The van der Waals surface area contributed by atoms with E-state index in [1.807, 2.05) is 31.2 Å². The van der Waals surface area contributed by atoms with E-state index in [9.17, 15) is 4.79 Å². The van der Waals surface area contributed by atoms with Crippen LogP contribution in [0.4, 0.5) is 4.79 Å². The van der Waals surface area contributed by atoms with Crippen LogP contribution in [-0.4, -0.2) is 37.0 Å². The van der Waals surface area contributed by atoms with Gasteiger partial charge in [0.05, 0.1) is 6.04 Å². The number of amides is 2. The molecule has 1 atom stereocenters. The van der Waals surface area contributed by atoms with Gasteiger partial charge in [0.15, 0.2) is 0 Å². The van der Waals surface area contributed by atoms with Crippen LogP contribution in [0.5, 0.6) is 0 Å². The van der Waals surface area contributed by atoms with Crippen molar-refractivity contribution in [1.82, 2.24) is 9.80 Å². The van der Waals surface area contributed by atoms with Crippen molar-refractivity contribution in [1.29, 1.82) is 0 Å². The average Bonchev–Trinajstić information content (AvgIpc) is 2.26. The zero-order valence-corrected chi connectivity index (χ0v) is 10.8. The van der Waals surface area contributed by atoms with E-state index in [0.29, 0.717) is 5.02 Å². The van der Waals surface area contributed by atoms with E-state index in [1.165, 1.54) is 0 Å². The Morgan fingerprint density at radius 1 is 1.25 bits per heavy atom. The molecule has 0 aliphatic rings. The Kier molecular flexibility index (Phi) is 4.19. The summed E-state index contributed by atoms with van der Waals surface area (Å²) in [7, 11) is 5.24. The molecule has 1 unspecified atom stereocenters. The first-order chi connectivity index (χ1) is 7.45. The van der Waals surface area contributed by atoms with Gasteiger partial charge in [-0.25, -0.2) is 4.79 Å². The second kappa shape index (κ2) is 5.21. The SMILES string of the molecule is CC(c1ccccc1Cl)N(C)C(=O)N(C)C. The minimum atomic E-state index is -0.0383. The van der Waals surface area contributed by atoms with Gasteiger partial charge < -0.3 is 9.80 Å². The summed E-state index contributed by atoms with van der Waals surface area (Å²) in [5.41, 5.74) is 0.960. The van der Waals surface area contributed by atoms with E-state index in [2.05, 4.69) is 0 Å². The molecule has 0 saturated carbocycles. The van der Waals surface area contributed by atoms with Crippen molar-refractivity contribution in [3.05, 3.63) is 34.9 Å². The highest BCUT2D eigenvalue weighted by Gasteiger charge is 2.20. The Labute approximate surface area is 102 Å². The van der Waals surface area contributed by atoms with Gasteiger partial charge in [0.25, 0.3) is 0 Å². The molecule has 1 aromatic rings. The zero-order valence-electron chi connectivity index (χ0n) is 10.1. The van der Waals surface area contributed by atoms with E-state index < -0.39 is 0 Å². The molecule has 0 heterocycles. The van der Waals surface area contributed by atoms with Crippen molar-refractivity contribution in [3.63, 3.8) is 0 Å². The molecule has 0 fully saturated rings. The molecule has 4 heteroatoms. The highest BCUT2D eigenvalue weighted by Crippen LogP contribution is 2.26. The maximum atomic E-state index is 11.8. The minimum Gasteiger partial charge on any atom is -0.331 e. The molecular weight excluding hydrogens is 224 g/mol. The highest BCUT2D eigenvalue weighted by atomic mass is 35.5. The summed E-state index contributed by atoms with van der Waals surface area (Å²) in [4.78, 5) is 15.0. The number of halogens is 1. The van der Waals surface area contributed by atoms with E-state index in [1.54, 1.807) is 30.9 Å². The third kappa shape index (κ3) is 2.67. The van der Waals surface area contributed by atoms with Crippen LogP contribution < -0.4 is 0 Å². The molecule has 0 bridgehead atoms. The van der Waals surface area contributed by atoms with Crippen LogP contribution >= 0.6 is 11.6 Å². The minimum absolute atomic E-state index is 0.0348. The summed E-state index contributed by atoms with van der Waals surface area (Å²) in [6.45, 7) is 1.96. The van der Waals surface area contributed by atoms with Crippen molar-refractivity contribution in [3.8, 4) is 0 Å². The molecule has 0 saturated heterocycles. The lowest BCUT2D eigenvalue weighted by Gasteiger charge is -2.28. The topological polar surface area (TPSA) is 23.6 Å². The normalized spacial score (nSPS) is 12.1. The number of hydrogen-bond donors (Lipinski definition) is 0. The summed E-state index contributed by atoms with van der Waals surface area (Å²) in [6.07, 6.45) is 0. The van der Waals surface area contributed by atoms with Crippen molar-refractivity contribution >= 4 is 17.6 Å². The molecule has 3 nitrogen and oxygen atoms in total. The predicted molar refractivity (Wildman–Crippen MR) is 66.7 cm³/mol. The van der Waals surface area contributed by atoms with Gasteiger partial charge in [-0.3, -0.25) is 0 Å². The Morgan fingerprint density at radius 3 is 2.31 bits per heavy atom. The predicted octanol–water partition coefficient (Wildman–Crippen LogP) is 3.01. The molecule has 0 aromatic heterocycles. The highest BCUT2D eigenvalue weighted by molar-refractivity contribution is 6.31. The molecule has 0 aliphatic carbocycles. The summed E-state index contributed by atoms with van der Waals surface area (Å²) < 4.78 is 0. The molecule has 0 N–H and O–H groups in total. The second-order valence-electron chi connectivity index (χ2n) is 3.99. The lowest BCUT2D eigenvalue weighted by Crippen LogP contribution is -2.38. The monoisotopic (exact) mass is 240 g/mol. The Balaban J connectivity index is 2.90. The molecule has 16 heavy (non-hydrogen) atoms. The van der Waals surface area contributed by atoms with Gasteiger partial charge in [-0.15, -0.1) is 0 Å². The zero-order chi connectivity index (χ0) is 12.3. The number of benzene rings is 1. The molecule has 0 aliphatic heterocycles. The van der Waals surface area contributed by atoms with E-state index in [0.717, 1.165) is 5.56 Å². The van der Waals surface area contributed by atoms with Gasteiger partial charge in [-0.1, -0.05) is 29.8 Å². The third-order valence-electron chi connectivity index (χ3n) is 2.62. The number of carbonyl (C=O) groups is 1. The molecule has 1 aromatic carbocycles. The third-order valence-corrected chi connectivity index (χ3v) is 2.96. The molecular formula is C12H17ClN2O. The largest absolute Gasteiger partial charge is 0.331 e. The van der Waals surface area contributed by atoms with Crippen LogP contribution in [0.3, 0.4) is 0 Å². The number of carbonyl (C=O) groups excluding carboxylic acids is 1. The lowest BCUT2D eigenvalue weighted by molar-refractivity contribution is 0.167. The van der Waals surface area contributed by atoms with Crippen molar-refractivity contribution in [2.75, 3.05) is 21.1 Å². The molecule has 0 radical (unpaired) electrons. The number of urea groups is 1. The fourth-order valence-electron chi connectivity index (χ4n) is 1.50. The van der Waals surface area contributed by atoms with Crippen molar-refractivity contribution < 1.29 is 4.79 Å². The Morgan fingerprint density at radius 2 is 1.81 bits per heavy atom. The maximum absolute atomic E-state index is 11.8. The first-order valence-corrected chi connectivity index (χ1v) is 5.51. The number of nitrogens with zero attached hydrogens (tertiary/aromatic N) is 2. The van der Waals surface area contributed by atoms with E-state index in [4.69, 9.17) is 11.6 Å². The average molecular weight is 241 g/mol. The fraction of sp³-hybridized carbons (Fsp3) is 0.417. The van der Waals surface area contributed by atoms with Gasteiger partial charge in [-0.2, -0.15) is 0 Å². The molecule has 2 amide bonds. The van der Waals surface area contributed by atoms with Crippen LogP contribution in [0.1, 0.15) is 18.5 Å². The molecule has 1 rings (SSSR count). The number of hydrogen-bond acceptors (Lipinski definition) is 1. The lowest BCUT2D eigenvalue weighted by atomic mass is 10.1. The standard InChI is InChI=1S/C12H17ClN2O/c1-9(15(4)12(16)14(2)3)10-7-5-6-8-11(10)13/h5-9H,1-4H3. The summed E-state index contributed by atoms with van der Waals surface area (Å²) in [5, 5.41) is 0.688. The van der Waals surface area contributed by atoms with Crippen LogP contribution in [-0.2, 0) is 0 Å². The van der Waals surface area contributed by atoms with Crippen LogP contribution in [0.15, 0.2) is 24.3 Å². The summed E-state index contributed by atoms with van der Waals surface area (Å²) in [6, 6.07) is 7.50. The van der Waals surface area contributed by atoms with Gasteiger partial charge in [0, 0.05) is 26.2 Å². The van der Waals surface area contributed by atoms with Crippen LogP contribution in [0.2, 0.25) is 5.02 Å². The fourth-order valence-corrected chi connectivity index (χ4v) is 1.80. The van der Waals surface area contributed by atoms with Crippen molar-refractivity contribution in [2.24, 2.45) is 0 Å². The first kappa shape index (κ1) is 12.8. The number of rotatable bonds is 2.